The zero-order chi connectivity index (χ0) is 14.8. The summed E-state index contributed by atoms with van der Waals surface area (Å²) in [6.45, 7) is 1.24. The maximum atomic E-state index is 12.6. The molecule has 104 valence electrons. The van der Waals surface area contributed by atoms with Gasteiger partial charge in [0, 0.05) is 6.92 Å². The molecule has 0 unspecified atom stereocenters. The van der Waals surface area contributed by atoms with Crippen molar-refractivity contribution in [1.82, 2.24) is 0 Å². The van der Waals surface area contributed by atoms with E-state index in [-0.39, 0.29) is 16.5 Å². The number of hydrogen-bond acceptors (Lipinski definition) is 3. The molecule has 3 nitrogen and oxygen atoms in total. The number of rotatable bonds is 3. The van der Waals surface area contributed by atoms with Crippen LogP contribution in [-0.4, -0.2) is 12.0 Å². The second-order valence-corrected chi connectivity index (χ2v) is 4.55. The van der Waals surface area contributed by atoms with E-state index in [2.05, 4.69) is 10.5 Å². The standard InChI is InChI=1S/C10H6Cl3F3N2O/c1-4(19)3-17-18-9-6(11)2-5(10(14,15)16)7(12)8(9)13/h2-3,18H,1H3/b17-3+. The van der Waals surface area contributed by atoms with Crippen molar-refractivity contribution in [2.45, 2.75) is 13.1 Å². The highest BCUT2D eigenvalue weighted by Gasteiger charge is 2.35. The number of nitrogens with zero attached hydrogens (tertiary/aromatic N) is 1. The summed E-state index contributed by atoms with van der Waals surface area (Å²) in [6.07, 6.45) is -3.76. The fraction of sp³-hybridized carbons (Fsp3) is 0.200. The Morgan fingerprint density at radius 1 is 1.32 bits per heavy atom. The highest BCUT2D eigenvalue weighted by molar-refractivity contribution is 6.46. The molecule has 0 aromatic heterocycles. The van der Waals surface area contributed by atoms with Gasteiger partial charge in [-0.25, -0.2) is 0 Å². The van der Waals surface area contributed by atoms with Crippen LogP contribution >= 0.6 is 34.8 Å². The Kier molecular flexibility index (Phi) is 5.06. The van der Waals surface area contributed by atoms with Gasteiger partial charge in [0.05, 0.1) is 32.5 Å². The van der Waals surface area contributed by atoms with Crippen molar-refractivity contribution in [3.8, 4) is 0 Å². The van der Waals surface area contributed by atoms with Gasteiger partial charge in [-0.05, 0) is 6.07 Å². The van der Waals surface area contributed by atoms with Crippen LogP contribution in [0.4, 0.5) is 18.9 Å². The minimum Gasteiger partial charge on any atom is -0.293 e. The molecule has 0 aliphatic carbocycles. The number of Topliss-reactive ketones (excluding diaryl/α,β-unsaturated/α-hetero) is 1. The monoisotopic (exact) mass is 332 g/mol. The van der Waals surface area contributed by atoms with E-state index in [9.17, 15) is 18.0 Å². The largest absolute Gasteiger partial charge is 0.417 e. The van der Waals surface area contributed by atoms with Crippen molar-refractivity contribution in [1.29, 1.82) is 0 Å². The van der Waals surface area contributed by atoms with Gasteiger partial charge in [-0.15, -0.1) is 0 Å². The molecule has 0 atom stereocenters. The second kappa shape index (κ2) is 5.98. The fourth-order valence-corrected chi connectivity index (χ4v) is 1.89. The number of anilines is 1. The number of alkyl halides is 3. The van der Waals surface area contributed by atoms with Gasteiger partial charge in [0.15, 0.2) is 5.78 Å². The van der Waals surface area contributed by atoms with Crippen LogP contribution in [0.1, 0.15) is 12.5 Å². The van der Waals surface area contributed by atoms with E-state index in [0.717, 1.165) is 6.21 Å². The average molecular weight is 334 g/mol. The molecular formula is C10H6Cl3F3N2O. The third-order valence-electron chi connectivity index (χ3n) is 1.89. The molecule has 0 bridgehead atoms. The number of halogens is 6. The van der Waals surface area contributed by atoms with Crippen LogP contribution in [0.3, 0.4) is 0 Å². The van der Waals surface area contributed by atoms with Crippen LogP contribution in [0.5, 0.6) is 0 Å². The SMILES string of the molecule is CC(=O)/C=N/Nc1c(Cl)cc(C(F)(F)F)c(Cl)c1Cl. The summed E-state index contributed by atoms with van der Waals surface area (Å²) in [5.41, 5.74) is 1.00. The van der Waals surface area contributed by atoms with E-state index >= 15 is 0 Å². The highest BCUT2D eigenvalue weighted by Crippen LogP contribution is 2.44. The predicted molar refractivity (Wildman–Crippen MR) is 69.3 cm³/mol. The maximum Gasteiger partial charge on any atom is 0.417 e. The van der Waals surface area contributed by atoms with E-state index in [1.54, 1.807) is 0 Å². The molecule has 0 heterocycles. The predicted octanol–water partition coefficient (Wildman–Crippen LogP) is 4.65. The number of ketones is 1. The Morgan fingerprint density at radius 3 is 2.37 bits per heavy atom. The highest BCUT2D eigenvalue weighted by atomic mass is 35.5. The Hall–Kier alpha value is -0.980. The Labute approximate surface area is 121 Å². The number of carbonyl (C=O) groups is 1. The van der Waals surface area contributed by atoms with E-state index in [0.29, 0.717) is 6.07 Å². The lowest BCUT2D eigenvalue weighted by atomic mass is 10.2. The van der Waals surface area contributed by atoms with E-state index in [4.69, 9.17) is 34.8 Å². The first kappa shape index (κ1) is 16.1. The van der Waals surface area contributed by atoms with Crippen LogP contribution < -0.4 is 5.43 Å². The Bertz CT molecular complexity index is 544. The third kappa shape index (κ3) is 3.99. The van der Waals surface area contributed by atoms with Crippen molar-refractivity contribution in [2.24, 2.45) is 5.10 Å². The summed E-state index contributed by atoms with van der Waals surface area (Å²) in [4.78, 5) is 10.6. The minimum atomic E-state index is -4.68. The summed E-state index contributed by atoms with van der Waals surface area (Å²) in [5.74, 6) is -0.363. The molecule has 1 rings (SSSR count). The molecule has 1 aromatic carbocycles. The summed E-state index contributed by atoms with van der Waals surface area (Å²) in [7, 11) is 0. The summed E-state index contributed by atoms with van der Waals surface area (Å²) in [6, 6.07) is 0.626. The number of hydrogen-bond donors (Lipinski definition) is 1. The molecule has 1 N–H and O–H groups in total. The van der Waals surface area contributed by atoms with Crippen molar-refractivity contribution in [2.75, 3.05) is 5.43 Å². The first-order chi connectivity index (χ1) is 8.64. The smallest absolute Gasteiger partial charge is 0.293 e. The third-order valence-corrected chi connectivity index (χ3v) is 3.05. The van der Waals surface area contributed by atoms with Crippen LogP contribution in [0.2, 0.25) is 15.1 Å². The molecule has 0 aliphatic rings. The van der Waals surface area contributed by atoms with Gasteiger partial charge < -0.3 is 0 Å². The van der Waals surface area contributed by atoms with Gasteiger partial charge in [0.1, 0.15) is 0 Å². The lowest BCUT2D eigenvalue weighted by Crippen LogP contribution is -2.07. The van der Waals surface area contributed by atoms with E-state index in [1.807, 2.05) is 0 Å². The average Bonchev–Trinajstić information content (AvgIpc) is 2.26. The molecule has 1 aromatic rings. The molecule has 0 fully saturated rings. The van der Waals surface area contributed by atoms with Gasteiger partial charge in [0.2, 0.25) is 0 Å². The van der Waals surface area contributed by atoms with Gasteiger partial charge >= 0.3 is 6.18 Å². The normalized spacial score (nSPS) is 11.9. The topological polar surface area (TPSA) is 41.5 Å². The fourth-order valence-electron chi connectivity index (χ4n) is 1.09. The first-order valence-electron chi connectivity index (χ1n) is 4.69. The van der Waals surface area contributed by atoms with E-state index in [1.165, 1.54) is 6.92 Å². The zero-order valence-corrected chi connectivity index (χ0v) is 11.5. The second-order valence-electron chi connectivity index (χ2n) is 3.39. The lowest BCUT2D eigenvalue weighted by Gasteiger charge is -2.14. The number of nitrogens with one attached hydrogen (secondary N) is 1. The molecule has 9 heteroatoms. The number of benzene rings is 1. The van der Waals surface area contributed by atoms with Crippen LogP contribution in [0.15, 0.2) is 11.2 Å². The molecule has 0 saturated carbocycles. The van der Waals surface area contributed by atoms with Crippen molar-refractivity contribution >= 4 is 52.5 Å². The molecular weight excluding hydrogens is 327 g/mol. The molecule has 0 amide bonds. The maximum absolute atomic E-state index is 12.6. The summed E-state index contributed by atoms with van der Waals surface area (Å²) < 4.78 is 37.8. The van der Waals surface area contributed by atoms with Gasteiger partial charge in [-0.2, -0.15) is 18.3 Å². The zero-order valence-electron chi connectivity index (χ0n) is 9.28. The summed E-state index contributed by atoms with van der Waals surface area (Å²) in [5, 5.41) is 2.02. The molecule has 0 spiro atoms. The van der Waals surface area contributed by atoms with Crippen LogP contribution in [0.25, 0.3) is 0 Å². The number of carbonyl (C=O) groups excluding carboxylic acids is 1. The van der Waals surface area contributed by atoms with Crippen LogP contribution in [0, 0.1) is 0 Å². The van der Waals surface area contributed by atoms with Gasteiger partial charge in [-0.3, -0.25) is 10.2 Å². The van der Waals surface area contributed by atoms with Crippen LogP contribution in [-0.2, 0) is 11.0 Å². The molecule has 19 heavy (non-hydrogen) atoms. The Morgan fingerprint density at radius 2 is 1.89 bits per heavy atom. The number of hydrazone groups is 1. The van der Waals surface area contributed by atoms with Crippen molar-refractivity contribution in [3.05, 3.63) is 26.7 Å². The Balaban J connectivity index is 3.23. The van der Waals surface area contributed by atoms with E-state index < -0.39 is 21.8 Å². The molecule has 0 radical (unpaired) electrons. The van der Waals surface area contributed by atoms with Gasteiger partial charge in [0.25, 0.3) is 0 Å². The quantitative estimate of drug-likeness (QED) is 0.497. The molecule has 0 aliphatic heterocycles. The first-order valence-corrected chi connectivity index (χ1v) is 5.82. The minimum absolute atomic E-state index is 0.112. The summed E-state index contributed by atoms with van der Waals surface area (Å²) >= 11 is 16.9. The lowest BCUT2D eigenvalue weighted by molar-refractivity contribution is -0.137. The van der Waals surface area contributed by atoms with Crippen molar-refractivity contribution in [3.63, 3.8) is 0 Å². The molecule has 0 saturated heterocycles. The van der Waals surface area contributed by atoms with Crippen molar-refractivity contribution < 1.29 is 18.0 Å². The van der Waals surface area contributed by atoms with Gasteiger partial charge in [-0.1, -0.05) is 34.8 Å².